The van der Waals surface area contributed by atoms with Crippen molar-refractivity contribution in [2.75, 3.05) is 12.4 Å². The lowest BCUT2D eigenvalue weighted by molar-refractivity contribution is 0.185. The normalized spacial score (nSPS) is 10.0. The van der Waals surface area contributed by atoms with Crippen molar-refractivity contribution < 1.29 is 4.74 Å². The van der Waals surface area contributed by atoms with Gasteiger partial charge in [-0.3, -0.25) is 0 Å². The number of methoxy groups -OCH3 is 1. The lowest BCUT2D eigenvalue weighted by atomic mass is 10.1. The van der Waals surface area contributed by atoms with Gasteiger partial charge in [0, 0.05) is 19.3 Å². The predicted molar refractivity (Wildman–Crippen MR) is 80.2 cm³/mol. The minimum atomic E-state index is 0.458. The van der Waals surface area contributed by atoms with Gasteiger partial charge in [-0.1, -0.05) is 36.4 Å². The van der Waals surface area contributed by atoms with Crippen LogP contribution < -0.4 is 5.32 Å². The maximum absolute atomic E-state index is 8.63. The smallest absolute Gasteiger partial charge is 0.0713 e. The quantitative estimate of drug-likeness (QED) is 0.870. The molecule has 102 valence electrons. The summed E-state index contributed by atoms with van der Waals surface area (Å²) >= 11 is 0. The number of benzene rings is 2. The van der Waals surface area contributed by atoms with E-state index in [4.69, 9.17) is 10.00 Å². The van der Waals surface area contributed by atoms with Crippen molar-refractivity contribution in [2.45, 2.75) is 19.6 Å². The molecule has 3 heteroatoms. The summed E-state index contributed by atoms with van der Waals surface area (Å²) in [7, 11) is 1.70. The van der Waals surface area contributed by atoms with Gasteiger partial charge in [-0.25, -0.2) is 0 Å². The highest BCUT2D eigenvalue weighted by Crippen LogP contribution is 2.13. The Bertz CT molecular complexity index is 585. The van der Waals surface area contributed by atoms with E-state index in [2.05, 4.69) is 29.6 Å². The lowest BCUT2D eigenvalue weighted by Crippen LogP contribution is -2.00. The Balaban J connectivity index is 1.94. The number of hydrogen-bond acceptors (Lipinski definition) is 3. The second-order valence-electron chi connectivity index (χ2n) is 4.64. The summed E-state index contributed by atoms with van der Waals surface area (Å²) in [5.74, 6) is 0. The molecule has 20 heavy (non-hydrogen) atoms. The SMILES string of the molecule is COCc1cccc(CNc2ccc(CC#N)cc2)c1. The maximum atomic E-state index is 8.63. The minimum Gasteiger partial charge on any atom is -0.381 e. The van der Waals surface area contributed by atoms with Gasteiger partial charge >= 0.3 is 0 Å². The Morgan fingerprint density at radius 2 is 1.80 bits per heavy atom. The van der Waals surface area contributed by atoms with Gasteiger partial charge in [0.25, 0.3) is 0 Å². The van der Waals surface area contributed by atoms with Crippen LogP contribution in [0.2, 0.25) is 0 Å². The first-order chi connectivity index (χ1) is 9.81. The van der Waals surface area contributed by atoms with Crippen LogP contribution in [0.25, 0.3) is 0 Å². The molecule has 0 amide bonds. The Hall–Kier alpha value is -2.31. The third-order valence-corrected chi connectivity index (χ3v) is 3.04. The van der Waals surface area contributed by atoms with Crippen LogP contribution in [-0.2, 0) is 24.3 Å². The van der Waals surface area contributed by atoms with E-state index in [0.29, 0.717) is 13.0 Å². The number of anilines is 1. The molecule has 0 spiro atoms. The van der Waals surface area contributed by atoms with Crippen LogP contribution >= 0.6 is 0 Å². The molecule has 0 aromatic heterocycles. The predicted octanol–water partition coefficient (Wildman–Crippen LogP) is 3.51. The number of nitrogens with zero attached hydrogens (tertiary/aromatic N) is 1. The molecule has 0 aliphatic heterocycles. The van der Waals surface area contributed by atoms with Crippen molar-refractivity contribution in [1.82, 2.24) is 0 Å². The summed E-state index contributed by atoms with van der Waals surface area (Å²) in [6, 6.07) is 18.5. The fraction of sp³-hybridized carbons (Fsp3) is 0.235. The molecule has 3 nitrogen and oxygen atoms in total. The first-order valence-electron chi connectivity index (χ1n) is 6.58. The Labute approximate surface area is 119 Å². The molecule has 0 fully saturated rings. The molecular weight excluding hydrogens is 248 g/mol. The first-order valence-corrected chi connectivity index (χ1v) is 6.58. The first kappa shape index (κ1) is 14.1. The number of ether oxygens (including phenoxy) is 1. The van der Waals surface area contributed by atoms with Gasteiger partial charge in [-0.15, -0.1) is 0 Å². The molecule has 0 saturated heterocycles. The highest BCUT2D eigenvalue weighted by molar-refractivity contribution is 5.45. The Morgan fingerprint density at radius 1 is 1.05 bits per heavy atom. The second kappa shape index (κ2) is 7.32. The molecule has 2 aromatic rings. The summed E-state index contributed by atoms with van der Waals surface area (Å²) < 4.78 is 5.14. The monoisotopic (exact) mass is 266 g/mol. The van der Waals surface area contributed by atoms with E-state index in [1.54, 1.807) is 7.11 Å². The van der Waals surface area contributed by atoms with E-state index < -0.39 is 0 Å². The van der Waals surface area contributed by atoms with E-state index >= 15 is 0 Å². The van der Waals surface area contributed by atoms with Gasteiger partial charge < -0.3 is 10.1 Å². The molecule has 0 radical (unpaired) electrons. The highest BCUT2D eigenvalue weighted by atomic mass is 16.5. The van der Waals surface area contributed by atoms with Crippen molar-refractivity contribution in [3.05, 3.63) is 65.2 Å². The van der Waals surface area contributed by atoms with Crippen LogP contribution in [0, 0.1) is 11.3 Å². The molecule has 0 aliphatic rings. The number of nitriles is 1. The van der Waals surface area contributed by atoms with Crippen molar-refractivity contribution in [3.63, 3.8) is 0 Å². The van der Waals surface area contributed by atoms with E-state index in [1.165, 1.54) is 11.1 Å². The van der Waals surface area contributed by atoms with Gasteiger partial charge in [0.05, 0.1) is 19.1 Å². The molecular formula is C17H18N2O. The molecule has 0 saturated carbocycles. The van der Waals surface area contributed by atoms with Crippen molar-refractivity contribution in [2.24, 2.45) is 0 Å². The molecule has 2 rings (SSSR count). The van der Waals surface area contributed by atoms with Crippen LogP contribution in [0.15, 0.2) is 48.5 Å². The van der Waals surface area contributed by atoms with Crippen LogP contribution in [0.3, 0.4) is 0 Å². The fourth-order valence-electron chi connectivity index (χ4n) is 2.03. The molecule has 0 aliphatic carbocycles. The average molecular weight is 266 g/mol. The summed E-state index contributed by atoms with van der Waals surface area (Å²) in [6.45, 7) is 1.41. The van der Waals surface area contributed by atoms with Crippen LogP contribution in [-0.4, -0.2) is 7.11 Å². The van der Waals surface area contributed by atoms with Gasteiger partial charge in [-0.05, 0) is 28.8 Å². The number of hydrogen-bond donors (Lipinski definition) is 1. The van der Waals surface area contributed by atoms with Gasteiger partial charge in [0.15, 0.2) is 0 Å². The summed E-state index contributed by atoms with van der Waals surface area (Å²) in [5, 5.41) is 12.0. The van der Waals surface area contributed by atoms with Gasteiger partial charge in [-0.2, -0.15) is 5.26 Å². The van der Waals surface area contributed by atoms with Gasteiger partial charge in [0.2, 0.25) is 0 Å². The fourth-order valence-corrected chi connectivity index (χ4v) is 2.03. The van der Waals surface area contributed by atoms with Crippen molar-refractivity contribution in [1.29, 1.82) is 5.26 Å². The average Bonchev–Trinajstić information content (AvgIpc) is 2.48. The molecule has 1 N–H and O–H groups in total. The van der Waals surface area contributed by atoms with Gasteiger partial charge in [0.1, 0.15) is 0 Å². The van der Waals surface area contributed by atoms with Crippen molar-refractivity contribution in [3.8, 4) is 6.07 Å². The molecule has 2 aromatic carbocycles. The standard InChI is InChI=1S/C17H18N2O/c1-20-13-16-4-2-3-15(11-16)12-19-17-7-5-14(6-8-17)9-10-18/h2-8,11,19H,9,12-13H2,1H3. The number of nitrogens with one attached hydrogen (secondary N) is 1. The minimum absolute atomic E-state index is 0.458. The zero-order chi connectivity index (χ0) is 14.2. The van der Waals surface area contributed by atoms with Crippen LogP contribution in [0.5, 0.6) is 0 Å². The van der Waals surface area contributed by atoms with E-state index in [-0.39, 0.29) is 0 Å². The highest BCUT2D eigenvalue weighted by Gasteiger charge is 1.97. The Morgan fingerprint density at radius 3 is 2.50 bits per heavy atom. The molecule has 0 bridgehead atoms. The van der Waals surface area contributed by atoms with Crippen LogP contribution in [0.1, 0.15) is 16.7 Å². The lowest BCUT2D eigenvalue weighted by Gasteiger charge is -2.08. The van der Waals surface area contributed by atoms with Crippen LogP contribution in [0.4, 0.5) is 5.69 Å². The summed E-state index contributed by atoms with van der Waals surface area (Å²) in [5.41, 5.74) is 4.50. The van der Waals surface area contributed by atoms with E-state index in [0.717, 1.165) is 17.8 Å². The van der Waals surface area contributed by atoms with Crippen molar-refractivity contribution >= 4 is 5.69 Å². The molecule has 0 atom stereocenters. The Kier molecular flexibility index (Phi) is 5.16. The van der Waals surface area contributed by atoms with E-state index in [9.17, 15) is 0 Å². The second-order valence-corrected chi connectivity index (χ2v) is 4.64. The summed E-state index contributed by atoms with van der Waals surface area (Å²) in [6.07, 6.45) is 0.458. The zero-order valence-electron chi connectivity index (χ0n) is 11.6. The topological polar surface area (TPSA) is 45.0 Å². The zero-order valence-corrected chi connectivity index (χ0v) is 11.6. The van der Waals surface area contributed by atoms with E-state index in [1.807, 2.05) is 30.3 Å². The third-order valence-electron chi connectivity index (χ3n) is 3.04. The molecule has 0 heterocycles. The molecule has 0 unspecified atom stereocenters. The summed E-state index contributed by atoms with van der Waals surface area (Å²) in [4.78, 5) is 0. The third kappa shape index (κ3) is 4.11. The maximum Gasteiger partial charge on any atom is 0.0713 e. The largest absolute Gasteiger partial charge is 0.381 e. The number of rotatable bonds is 6.